The minimum atomic E-state index is -1.06. The Labute approximate surface area is 170 Å². The van der Waals surface area contributed by atoms with Crippen molar-refractivity contribution in [3.05, 3.63) is 58.0 Å². The minimum absolute atomic E-state index is 0.0452. The monoisotopic (exact) mass is 419 g/mol. The molecule has 0 amide bonds. The van der Waals surface area contributed by atoms with Crippen LogP contribution in [0, 0.1) is 17.5 Å². The van der Waals surface area contributed by atoms with E-state index in [-0.39, 0.29) is 16.7 Å². The van der Waals surface area contributed by atoms with E-state index in [1.807, 2.05) is 0 Å². The van der Waals surface area contributed by atoms with E-state index >= 15 is 0 Å². The molecule has 0 unspecified atom stereocenters. The third kappa shape index (κ3) is 3.99. The van der Waals surface area contributed by atoms with Crippen LogP contribution in [-0.2, 0) is 4.74 Å². The summed E-state index contributed by atoms with van der Waals surface area (Å²) in [5.41, 5.74) is 4.41. The summed E-state index contributed by atoms with van der Waals surface area (Å²) in [6.45, 7) is 4.38. The van der Waals surface area contributed by atoms with Gasteiger partial charge in [-0.05, 0) is 18.2 Å². The Morgan fingerprint density at radius 2 is 1.80 bits per heavy atom. The zero-order chi connectivity index (χ0) is 21.3. The predicted octanol–water partition coefficient (Wildman–Crippen LogP) is 3.20. The number of ether oxygens (including phenoxy) is 1. The smallest absolute Gasteiger partial charge is 0.195 e. The highest BCUT2D eigenvalue weighted by Gasteiger charge is 2.18. The van der Waals surface area contributed by atoms with E-state index in [4.69, 9.17) is 14.9 Å². The van der Waals surface area contributed by atoms with Crippen molar-refractivity contribution >= 4 is 22.3 Å². The van der Waals surface area contributed by atoms with Gasteiger partial charge in [0.1, 0.15) is 17.4 Å². The molecule has 4 rings (SSSR count). The largest absolute Gasteiger partial charge is 0.453 e. The van der Waals surface area contributed by atoms with E-state index in [0.29, 0.717) is 31.5 Å². The van der Waals surface area contributed by atoms with Gasteiger partial charge in [-0.2, -0.15) is 0 Å². The molecule has 0 saturated carbocycles. The van der Waals surface area contributed by atoms with Crippen LogP contribution < -0.4 is 16.5 Å². The highest BCUT2D eigenvalue weighted by Crippen LogP contribution is 2.30. The molecule has 6 nitrogen and oxygen atoms in total. The Balaban J connectivity index is 1.56. The van der Waals surface area contributed by atoms with Gasteiger partial charge in [-0.1, -0.05) is 0 Å². The van der Waals surface area contributed by atoms with Crippen molar-refractivity contribution in [2.45, 2.75) is 0 Å². The van der Waals surface area contributed by atoms with Gasteiger partial charge in [-0.3, -0.25) is 9.69 Å². The summed E-state index contributed by atoms with van der Waals surface area (Å²) < 4.78 is 53.0. The Bertz CT molecular complexity index is 1140. The molecule has 2 aromatic carbocycles. The van der Waals surface area contributed by atoms with E-state index in [2.05, 4.69) is 10.2 Å². The maximum absolute atomic E-state index is 14.6. The summed E-state index contributed by atoms with van der Waals surface area (Å²) >= 11 is 0. The summed E-state index contributed by atoms with van der Waals surface area (Å²) in [7, 11) is 0. The van der Waals surface area contributed by atoms with Crippen molar-refractivity contribution in [1.82, 2.24) is 4.90 Å². The number of morpholine rings is 1. The molecule has 1 aliphatic rings. The van der Waals surface area contributed by atoms with Gasteiger partial charge in [0.15, 0.2) is 16.8 Å². The Kier molecular flexibility index (Phi) is 5.65. The highest BCUT2D eigenvalue weighted by atomic mass is 19.1. The summed E-state index contributed by atoms with van der Waals surface area (Å²) in [4.78, 5) is 14.6. The maximum Gasteiger partial charge on any atom is 0.195 e. The van der Waals surface area contributed by atoms with Crippen LogP contribution in [-0.4, -0.2) is 44.3 Å². The van der Waals surface area contributed by atoms with Gasteiger partial charge in [0.05, 0.1) is 30.0 Å². The van der Waals surface area contributed by atoms with Crippen LogP contribution in [0.1, 0.15) is 0 Å². The van der Waals surface area contributed by atoms with Crippen LogP contribution in [0.5, 0.6) is 0 Å². The number of fused-ring (bicyclic) bond motifs is 1. The van der Waals surface area contributed by atoms with E-state index in [1.165, 1.54) is 12.1 Å². The molecule has 9 heteroatoms. The first-order valence-electron chi connectivity index (χ1n) is 9.49. The van der Waals surface area contributed by atoms with Crippen LogP contribution in [0.2, 0.25) is 0 Å². The number of nitrogens with zero attached hydrogens (tertiary/aromatic N) is 1. The van der Waals surface area contributed by atoms with Crippen molar-refractivity contribution in [3.63, 3.8) is 0 Å². The number of halogens is 3. The summed E-state index contributed by atoms with van der Waals surface area (Å²) in [5, 5.41) is 2.66. The number of nitrogen functional groups attached to an aromatic ring is 1. The van der Waals surface area contributed by atoms with Crippen LogP contribution in [0.3, 0.4) is 0 Å². The van der Waals surface area contributed by atoms with Crippen molar-refractivity contribution in [3.8, 4) is 11.3 Å². The summed E-state index contributed by atoms with van der Waals surface area (Å²) in [5.74, 6) is -2.69. The number of anilines is 2. The zero-order valence-corrected chi connectivity index (χ0v) is 16.0. The molecule has 1 saturated heterocycles. The zero-order valence-electron chi connectivity index (χ0n) is 16.0. The van der Waals surface area contributed by atoms with Gasteiger partial charge in [-0.15, -0.1) is 0 Å². The van der Waals surface area contributed by atoms with E-state index in [0.717, 1.165) is 25.7 Å². The highest BCUT2D eigenvalue weighted by molar-refractivity contribution is 5.90. The molecule has 30 heavy (non-hydrogen) atoms. The number of benzene rings is 2. The fourth-order valence-corrected chi connectivity index (χ4v) is 3.42. The third-order valence-electron chi connectivity index (χ3n) is 5.05. The van der Waals surface area contributed by atoms with Gasteiger partial charge in [-0.25, -0.2) is 13.2 Å². The molecule has 3 N–H and O–H groups in total. The van der Waals surface area contributed by atoms with Crippen molar-refractivity contribution in [2.24, 2.45) is 0 Å². The van der Waals surface area contributed by atoms with E-state index < -0.39 is 34.2 Å². The summed E-state index contributed by atoms with van der Waals surface area (Å²) in [6, 6.07) is 5.84. The number of nitrogens with one attached hydrogen (secondary N) is 1. The van der Waals surface area contributed by atoms with Gasteiger partial charge in [0.25, 0.3) is 0 Å². The van der Waals surface area contributed by atoms with Gasteiger partial charge in [0.2, 0.25) is 0 Å². The molecule has 3 aromatic rings. The van der Waals surface area contributed by atoms with E-state index in [1.54, 1.807) is 6.07 Å². The molecule has 0 radical (unpaired) electrons. The van der Waals surface area contributed by atoms with Crippen molar-refractivity contribution in [1.29, 1.82) is 0 Å². The van der Waals surface area contributed by atoms with Crippen LogP contribution in [0.15, 0.2) is 39.5 Å². The second kappa shape index (κ2) is 8.37. The number of rotatable bonds is 5. The number of hydrogen-bond donors (Lipinski definition) is 2. The van der Waals surface area contributed by atoms with Crippen molar-refractivity contribution < 1.29 is 22.3 Å². The lowest BCUT2D eigenvalue weighted by molar-refractivity contribution is 0.0398. The predicted molar refractivity (Wildman–Crippen MR) is 108 cm³/mol. The quantitative estimate of drug-likeness (QED) is 0.619. The molecule has 1 fully saturated rings. The molecule has 158 valence electrons. The lowest BCUT2D eigenvalue weighted by Gasteiger charge is -2.26. The van der Waals surface area contributed by atoms with Gasteiger partial charge >= 0.3 is 0 Å². The topological polar surface area (TPSA) is 80.7 Å². The standard InChI is InChI=1S/C21H20F3N3O3/c22-13-9-12(1-2-16(13)26-3-4-27-5-7-29-8-6-27)18-11-17(28)19-20(25)14(23)10-15(24)21(19)30-18/h1-2,9-11,26H,3-8,25H2. The first kappa shape index (κ1) is 20.2. The average molecular weight is 419 g/mol. The molecule has 0 aliphatic carbocycles. The fraction of sp³-hybridized carbons (Fsp3) is 0.286. The summed E-state index contributed by atoms with van der Waals surface area (Å²) in [6.07, 6.45) is 0. The van der Waals surface area contributed by atoms with Crippen LogP contribution >= 0.6 is 0 Å². The molecule has 0 spiro atoms. The SMILES string of the molecule is Nc1c(F)cc(F)c2oc(-c3ccc(NCCN4CCOCC4)c(F)c3)cc(=O)c12. The Morgan fingerprint density at radius 3 is 2.53 bits per heavy atom. The molecule has 1 aromatic heterocycles. The lowest BCUT2D eigenvalue weighted by atomic mass is 10.1. The van der Waals surface area contributed by atoms with Gasteiger partial charge < -0.3 is 20.2 Å². The second-order valence-corrected chi connectivity index (χ2v) is 7.01. The molecular formula is C21H20F3N3O3. The molecule has 0 bridgehead atoms. The van der Waals surface area contributed by atoms with Crippen molar-refractivity contribution in [2.75, 3.05) is 50.4 Å². The Hall–Kier alpha value is -3.04. The normalized spacial score (nSPS) is 14.9. The molecule has 1 aliphatic heterocycles. The minimum Gasteiger partial charge on any atom is -0.453 e. The third-order valence-corrected chi connectivity index (χ3v) is 5.05. The molecule has 2 heterocycles. The maximum atomic E-state index is 14.6. The first-order chi connectivity index (χ1) is 14.4. The van der Waals surface area contributed by atoms with Crippen LogP contribution in [0.25, 0.3) is 22.3 Å². The van der Waals surface area contributed by atoms with E-state index in [9.17, 15) is 18.0 Å². The molecular weight excluding hydrogens is 399 g/mol. The number of nitrogens with two attached hydrogens (primary N) is 1. The number of hydrogen-bond acceptors (Lipinski definition) is 6. The average Bonchev–Trinajstić information content (AvgIpc) is 2.73. The van der Waals surface area contributed by atoms with Crippen LogP contribution in [0.4, 0.5) is 24.5 Å². The van der Waals surface area contributed by atoms with Gasteiger partial charge in [0, 0.05) is 43.9 Å². The fourth-order valence-electron chi connectivity index (χ4n) is 3.42. The Morgan fingerprint density at radius 1 is 1.03 bits per heavy atom. The first-order valence-corrected chi connectivity index (χ1v) is 9.49. The lowest BCUT2D eigenvalue weighted by Crippen LogP contribution is -2.39. The molecule has 0 atom stereocenters. The second-order valence-electron chi connectivity index (χ2n) is 7.01.